The molecule has 1 aromatic rings. The quantitative estimate of drug-likeness (QED) is 0.914. The van der Waals surface area contributed by atoms with Gasteiger partial charge in [-0.1, -0.05) is 19.9 Å². The van der Waals surface area contributed by atoms with Gasteiger partial charge in [0, 0.05) is 16.9 Å². The standard InChI is InChI=1S/C16H20FNO2S/c1-10(2)9-13-14(20-16(18)19)4-3-12(15(13)17)11-5-7-21-8-6-11/h3-5,10H,6-9H2,1-2H3,(H2,18,19). The van der Waals surface area contributed by atoms with Gasteiger partial charge < -0.3 is 10.5 Å². The van der Waals surface area contributed by atoms with Gasteiger partial charge >= 0.3 is 6.09 Å². The number of thioether (sulfide) groups is 1. The van der Waals surface area contributed by atoms with Crippen molar-refractivity contribution in [2.45, 2.75) is 26.7 Å². The highest BCUT2D eigenvalue weighted by Crippen LogP contribution is 2.33. The molecule has 114 valence electrons. The van der Waals surface area contributed by atoms with E-state index in [1.54, 1.807) is 12.1 Å². The van der Waals surface area contributed by atoms with Gasteiger partial charge in [0.05, 0.1) is 0 Å². The Morgan fingerprint density at radius 1 is 1.48 bits per heavy atom. The fourth-order valence-corrected chi connectivity index (χ4v) is 3.28. The summed E-state index contributed by atoms with van der Waals surface area (Å²) in [6.07, 6.45) is 2.52. The summed E-state index contributed by atoms with van der Waals surface area (Å²) < 4.78 is 19.8. The molecule has 0 fully saturated rings. The summed E-state index contributed by atoms with van der Waals surface area (Å²) in [6, 6.07) is 3.32. The zero-order chi connectivity index (χ0) is 15.4. The van der Waals surface area contributed by atoms with E-state index in [0.717, 1.165) is 23.5 Å². The van der Waals surface area contributed by atoms with Gasteiger partial charge in [-0.05, 0) is 42.2 Å². The van der Waals surface area contributed by atoms with Crippen LogP contribution in [0.1, 0.15) is 31.4 Å². The molecule has 0 radical (unpaired) electrons. The first kappa shape index (κ1) is 15.9. The summed E-state index contributed by atoms with van der Waals surface area (Å²) in [7, 11) is 0. The van der Waals surface area contributed by atoms with Crippen LogP contribution in [0, 0.1) is 11.7 Å². The van der Waals surface area contributed by atoms with Crippen molar-refractivity contribution in [1.82, 2.24) is 0 Å². The van der Waals surface area contributed by atoms with E-state index in [2.05, 4.69) is 6.08 Å². The van der Waals surface area contributed by atoms with Gasteiger partial charge in [-0.3, -0.25) is 0 Å². The predicted octanol–water partition coefficient (Wildman–Crippen LogP) is 4.00. The first-order valence-electron chi connectivity index (χ1n) is 7.05. The molecule has 3 nitrogen and oxygen atoms in total. The van der Waals surface area contributed by atoms with E-state index in [1.165, 1.54) is 0 Å². The van der Waals surface area contributed by atoms with Crippen molar-refractivity contribution >= 4 is 23.4 Å². The number of primary amides is 1. The van der Waals surface area contributed by atoms with Crippen LogP contribution >= 0.6 is 11.8 Å². The molecule has 2 N–H and O–H groups in total. The molecular formula is C16H20FNO2S. The number of hydrogen-bond acceptors (Lipinski definition) is 3. The summed E-state index contributed by atoms with van der Waals surface area (Å²) in [4.78, 5) is 11.0. The normalized spacial score (nSPS) is 15.0. The van der Waals surface area contributed by atoms with E-state index in [4.69, 9.17) is 10.5 Å². The maximum Gasteiger partial charge on any atom is 0.409 e. The lowest BCUT2D eigenvalue weighted by molar-refractivity contribution is 0.210. The van der Waals surface area contributed by atoms with Crippen LogP contribution < -0.4 is 10.5 Å². The first-order valence-corrected chi connectivity index (χ1v) is 8.20. The minimum absolute atomic E-state index is 0.225. The molecule has 1 aromatic carbocycles. The number of carbonyl (C=O) groups excluding carboxylic acids is 1. The van der Waals surface area contributed by atoms with Crippen LogP contribution in [0.4, 0.5) is 9.18 Å². The summed E-state index contributed by atoms with van der Waals surface area (Å²) in [5, 5.41) is 0. The zero-order valence-electron chi connectivity index (χ0n) is 12.3. The zero-order valence-corrected chi connectivity index (χ0v) is 13.1. The fraction of sp³-hybridized carbons (Fsp3) is 0.438. The van der Waals surface area contributed by atoms with Gasteiger partial charge in [0.25, 0.3) is 0 Å². The third-order valence-electron chi connectivity index (χ3n) is 3.33. The van der Waals surface area contributed by atoms with Gasteiger partial charge in [-0.15, -0.1) is 0 Å². The molecule has 0 aliphatic carbocycles. The molecule has 0 saturated heterocycles. The summed E-state index contributed by atoms with van der Waals surface area (Å²) in [5.74, 6) is 2.10. The Morgan fingerprint density at radius 2 is 2.24 bits per heavy atom. The maximum atomic E-state index is 14.8. The van der Waals surface area contributed by atoms with Gasteiger partial charge in [-0.25, -0.2) is 9.18 Å². The van der Waals surface area contributed by atoms with Gasteiger partial charge in [0.2, 0.25) is 0 Å². The number of carbonyl (C=O) groups is 1. The monoisotopic (exact) mass is 309 g/mol. The molecule has 2 rings (SSSR count). The molecular weight excluding hydrogens is 289 g/mol. The largest absolute Gasteiger partial charge is 0.410 e. The van der Waals surface area contributed by atoms with E-state index in [0.29, 0.717) is 17.5 Å². The van der Waals surface area contributed by atoms with E-state index in [-0.39, 0.29) is 17.5 Å². The van der Waals surface area contributed by atoms with Crippen molar-refractivity contribution in [3.8, 4) is 5.75 Å². The van der Waals surface area contributed by atoms with Gasteiger partial charge in [0.1, 0.15) is 11.6 Å². The maximum absolute atomic E-state index is 14.8. The lowest BCUT2D eigenvalue weighted by atomic mass is 9.95. The Labute approximate surface area is 128 Å². The summed E-state index contributed by atoms with van der Waals surface area (Å²) >= 11 is 1.84. The number of amides is 1. The lowest BCUT2D eigenvalue weighted by Gasteiger charge is -2.18. The number of ether oxygens (including phenoxy) is 1. The second-order valence-corrected chi connectivity index (χ2v) is 6.63. The van der Waals surface area contributed by atoms with Crippen molar-refractivity contribution in [1.29, 1.82) is 0 Å². The fourth-order valence-electron chi connectivity index (χ4n) is 2.43. The van der Waals surface area contributed by atoms with Crippen molar-refractivity contribution in [3.63, 3.8) is 0 Å². The molecule has 5 heteroatoms. The molecule has 0 unspecified atom stereocenters. The molecule has 0 saturated carbocycles. The average molecular weight is 309 g/mol. The smallest absolute Gasteiger partial charge is 0.409 e. The van der Waals surface area contributed by atoms with Crippen LogP contribution in [0.15, 0.2) is 18.2 Å². The molecule has 0 aromatic heterocycles. The Balaban J connectivity index is 2.44. The highest BCUT2D eigenvalue weighted by molar-refractivity contribution is 7.99. The molecule has 0 bridgehead atoms. The Hall–Kier alpha value is -1.49. The van der Waals surface area contributed by atoms with Crippen molar-refractivity contribution < 1.29 is 13.9 Å². The van der Waals surface area contributed by atoms with Crippen LogP contribution in [0.3, 0.4) is 0 Å². The third kappa shape index (κ3) is 4.00. The van der Waals surface area contributed by atoms with Crippen LogP contribution in [-0.4, -0.2) is 17.6 Å². The van der Waals surface area contributed by atoms with Crippen LogP contribution in [0.2, 0.25) is 0 Å². The minimum atomic E-state index is -0.916. The molecule has 1 heterocycles. The summed E-state index contributed by atoms with van der Waals surface area (Å²) in [6.45, 7) is 3.99. The van der Waals surface area contributed by atoms with Crippen LogP contribution in [0.25, 0.3) is 5.57 Å². The third-order valence-corrected chi connectivity index (χ3v) is 4.23. The summed E-state index contributed by atoms with van der Waals surface area (Å²) in [5.41, 5.74) is 7.13. The van der Waals surface area contributed by atoms with E-state index >= 15 is 0 Å². The van der Waals surface area contributed by atoms with E-state index in [9.17, 15) is 9.18 Å². The Bertz CT molecular complexity index is 570. The second kappa shape index (κ2) is 6.98. The second-order valence-electron chi connectivity index (χ2n) is 5.48. The van der Waals surface area contributed by atoms with Gasteiger partial charge in [0.15, 0.2) is 0 Å². The number of nitrogens with two attached hydrogens (primary N) is 1. The van der Waals surface area contributed by atoms with Crippen molar-refractivity contribution in [2.75, 3.05) is 11.5 Å². The number of benzene rings is 1. The van der Waals surface area contributed by atoms with E-state index in [1.807, 2.05) is 25.6 Å². The van der Waals surface area contributed by atoms with Gasteiger partial charge in [-0.2, -0.15) is 11.8 Å². The van der Waals surface area contributed by atoms with Crippen molar-refractivity contribution in [3.05, 3.63) is 35.2 Å². The molecule has 0 atom stereocenters. The molecule has 0 spiro atoms. The number of halogens is 1. The van der Waals surface area contributed by atoms with Crippen LogP contribution in [-0.2, 0) is 6.42 Å². The molecule has 1 aliphatic heterocycles. The minimum Gasteiger partial charge on any atom is -0.410 e. The SMILES string of the molecule is CC(C)Cc1c(OC(N)=O)ccc(C2=CCSCC2)c1F. The Morgan fingerprint density at radius 3 is 2.81 bits per heavy atom. The number of rotatable bonds is 4. The predicted molar refractivity (Wildman–Crippen MR) is 85.1 cm³/mol. The van der Waals surface area contributed by atoms with Crippen molar-refractivity contribution in [2.24, 2.45) is 11.7 Å². The highest BCUT2D eigenvalue weighted by Gasteiger charge is 2.19. The van der Waals surface area contributed by atoms with E-state index < -0.39 is 6.09 Å². The first-order chi connectivity index (χ1) is 9.99. The average Bonchev–Trinajstić information content (AvgIpc) is 2.43. The highest BCUT2D eigenvalue weighted by atomic mass is 32.2. The Kier molecular flexibility index (Phi) is 5.28. The lowest BCUT2D eigenvalue weighted by Crippen LogP contribution is -2.18. The van der Waals surface area contributed by atoms with Crippen LogP contribution in [0.5, 0.6) is 5.75 Å². The molecule has 1 amide bonds. The topological polar surface area (TPSA) is 52.3 Å². The molecule has 1 aliphatic rings. The number of allylic oxidation sites excluding steroid dienone is 1. The molecule has 21 heavy (non-hydrogen) atoms. The number of hydrogen-bond donors (Lipinski definition) is 1.